The van der Waals surface area contributed by atoms with Gasteiger partial charge in [0.15, 0.2) is 0 Å². The zero-order chi connectivity index (χ0) is 16.4. The van der Waals surface area contributed by atoms with E-state index in [1.165, 1.54) is 6.20 Å². The molecule has 0 saturated heterocycles. The number of hydrogen-bond donors (Lipinski definition) is 1. The van der Waals surface area contributed by atoms with Gasteiger partial charge in [-0.1, -0.05) is 12.1 Å². The minimum Gasteiger partial charge on any atom is -0.492 e. The van der Waals surface area contributed by atoms with Crippen LogP contribution in [0.4, 0.5) is 5.82 Å². The average Bonchev–Trinajstić information content (AvgIpc) is 2.78. The number of anilines is 1. The molecule has 0 fully saturated rings. The zero-order valence-electron chi connectivity index (χ0n) is 12.8. The lowest BCUT2D eigenvalue weighted by atomic mass is 10.0. The fourth-order valence-electron chi connectivity index (χ4n) is 2.79. The normalized spacial score (nSPS) is 17.0. The molecule has 7 heteroatoms. The Balaban J connectivity index is 2.03. The standard InChI is InChI=1S/C16H18BrN3O3/c1-2-22-16(21)11-9-19-20(15(11)18)13-7-4-8-23-14-10(13)5-3-6-12(14)17/h3,5-6,9,13H,2,4,7-8,18H2,1H3. The van der Waals surface area contributed by atoms with E-state index in [9.17, 15) is 4.79 Å². The van der Waals surface area contributed by atoms with Crippen LogP contribution >= 0.6 is 15.9 Å². The lowest BCUT2D eigenvalue weighted by molar-refractivity contribution is 0.0527. The van der Waals surface area contributed by atoms with Crippen LogP contribution in [0.5, 0.6) is 5.75 Å². The maximum atomic E-state index is 11.9. The van der Waals surface area contributed by atoms with Crippen molar-refractivity contribution >= 4 is 27.7 Å². The SMILES string of the molecule is CCOC(=O)c1cnn(C2CCCOc3c(Br)cccc32)c1N. The molecule has 2 aromatic rings. The summed E-state index contributed by atoms with van der Waals surface area (Å²) in [7, 11) is 0. The molecule has 0 amide bonds. The number of nitrogen functional groups attached to an aromatic ring is 1. The lowest BCUT2D eigenvalue weighted by Gasteiger charge is -2.19. The van der Waals surface area contributed by atoms with Gasteiger partial charge in [0.1, 0.15) is 17.1 Å². The largest absolute Gasteiger partial charge is 0.492 e. The Morgan fingerprint density at radius 1 is 1.57 bits per heavy atom. The summed E-state index contributed by atoms with van der Waals surface area (Å²) >= 11 is 3.52. The van der Waals surface area contributed by atoms with Gasteiger partial charge in [0.25, 0.3) is 0 Å². The highest BCUT2D eigenvalue weighted by molar-refractivity contribution is 9.10. The minimum absolute atomic E-state index is 0.0758. The molecule has 1 atom stereocenters. The number of para-hydroxylation sites is 1. The van der Waals surface area contributed by atoms with Gasteiger partial charge < -0.3 is 15.2 Å². The number of aromatic nitrogens is 2. The Kier molecular flexibility index (Phi) is 4.56. The van der Waals surface area contributed by atoms with E-state index < -0.39 is 5.97 Å². The number of rotatable bonds is 3. The first-order valence-corrected chi connectivity index (χ1v) is 8.34. The summed E-state index contributed by atoms with van der Waals surface area (Å²) in [5, 5.41) is 4.33. The number of halogens is 1. The van der Waals surface area contributed by atoms with Crippen molar-refractivity contribution in [3.8, 4) is 5.75 Å². The van der Waals surface area contributed by atoms with Gasteiger partial charge in [-0.3, -0.25) is 0 Å². The molecule has 2 heterocycles. The summed E-state index contributed by atoms with van der Waals surface area (Å²) in [6, 6.07) is 5.82. The summed E-state index contributed by atoms with van der Waals surface area (Å²) in [5.41, 5.74) is 7.46. The number of carbonyl (C=O) groups is 1. The lowest BCUT2D eigenvalue weighted by Crippen LogP contribution is -2.16. The number of benzene rings is 1. The van der Waals surface area contributed by atoms with Crippen molar-refractivity contribution in [2.45, 2.75) is 25.8 Å². The molecule has 0 bridgehead atoms. The van der Waals surface area contributed by atoms with Crippen LogP contribution in [0.15, 0.2) is 28.9 Å². The molecular formula is C16H18BrN3O3. The van der Waals surface area contributed by atoms with Crippen LogP contribution in [0.1, 0.15) is 41.7 Å². The summed E-state index contributed by atoms with van der Waals surface area (Å²) in [6.07, 6.45) is 3.17. The van der Waals surface area contributed by atoms with Crippen molar-refractivity contribution in [1.82, 2.24) is 9.78 Å². The highest BCUT2D eigenvalue weighted by Crippen LogP contribution is 2.39. The molecule has 3 rings (SSSR count). The van der Waals surface area contributed by atoms with Gasteiger partial charge in [0.2, 0.25) is 0 Å². The number of nitrogens with zero attached hydrogens (tertiary/aromatic N) is 2. The predicted octanol–water partition coefficient (Wildman–Crippen LogP) is 3.17. The molecule has 0 saturated carbocycles. The van der Waals surface area contributed by atoms with Gasteiger partial charge >= 0.3 is 5.97 Å². The van der Waals surface area contributed by atoms with Crippen molar-refractivity contribution in [2.75, 3.05) is 18.9 Å². The second-order valence-electron chi connectivity index (χ2n) is 5.27. The fraction of sp³-hybridized carbons (Fsp3) is 0.375. The summed E-state index contributed by atoms with van der Waals surface area (Å²) in [5.74, 6) is 0.680. The van der Waals surface area contributed by atoms with Crippen molar-refractivity contribution in [1.29, 1.82) is 0 Å². The van der Waals surface area contributed by atoms with Gasteiger partial charge in [0.05, 0.1) is 29.9 Å². The Morgan fingerprint density at radius 3 is 3.17 bits per heavy atom. The molecule has 2 N–H and O–H groups in total. The van der Waals surface area contributed by atoms with Crippen LogP contribution in [-0.2, 0) is 4.74 Å². The summed E-state index contributed by atoms with van der Waals surface area (Å²) in [6.45, 7) is 2.70. The molecule has 0 radical (unpaired) electrons. The first kappa shape index (κ1) is 15.9. The fourth-order valence-corrected chi connectivity index (χ4v) is 3.28. The third kappa shape index (κ3) is 2.93. The van der Waals surface area contributed by atoms with E-state index in [-0.39, 0.29) is 6.04 Å². The van der Waals surface area contributed by atoms with E-state index in [0.717, 1.165) is 28.6 Å². The van der Waals surface area contributed by atoms with E-state index in [1.54, 1.807) is 11.6 Å². The van der Waals surface area contributed by atoms with E-state index in [2.05, 4.69) is 21.0 Å². The molecule has 0 aliphatic carbocycles. The Hall–Kier alpha value is -2.02. The number of esters is 1. The number of ether oxygens (including phenoxy) is 2. The predicted molar refractivity (Wildman–Crippen MR) is 89.6 cm³/mol. The van der Waals surface area contributed by atoms with E-state index in [4.69, 9.17) is 15.2 Å². The highest BCUT2D eigenvalue weighted by atomic mass is 79.9. The minimum atomic E-state index is -0.449. The first-order chi connectivity index (χ1) is 11.1. The van der Waals surface area contributed by atoms with Crippen LogP contribution in [-0.4, -0.2) is 29.0 Å². The number of fused-ring (bicyclic) bond motifs is 1. The maximum Gasteiger partial charge on any atom is 0.343 e. The van der Waals surface area contributed by atoms with Gasteiger partial charge in [-0.05, 0) is 41.8 Å². The molecule has 0 spiro atoms. The topological polar surface area (TPSA) is 79.4 Å². The number of hydrogen-bond acceptors (Lipinski definition) is 5. The molecule has 1 aromatic carbocycles. The third-order valence-electron chi connectivity index (χ3n) is 3.85. The van der Waals surface area contributed by atoms with Crippen molar-refractivity contribution < 1.29 is 14.3 Å². The quantitative estimate of drug-likeness (QED) is 0.828. The first-order valence-electron chi connectivity index (χ1n) is 7.54. The van der Waals surface area contributed by atoms with E-state index in [1.807, 2.05) is 18.2 Å². The maximum absolute atomic E-state index is 11.9. The molecule has 1 aromatic heterocycles. The smallest absolute Gasteiger partial charge is 0.343 e. The average molecular weight is 380 g/mol. The molecule has 1 unspecified atom stereocenters. The van der Waals surface area contributed by atoms with Crippen LogP contribution < -0.4 is 10.5 Å². The Labute approximate surface area is 142 Å². The molecule has 1 aliphatic rings. The second kappa shape index (κ2) is 6.62. The van der Waals surface area contributed by atoms with Gasteiger partial charge in [-0.15, -0.1) is 0 Å². The zero-order valence-corrected chi connectivity index (χ0v) is 14.4. The monoisotopic (exact) mass is 379 g/mol. The Morgan fingerprint density at radius 2 is 2.39 bits per heavy atom. The molecule has 122 valence electrons. The highest BCUT2D eigenvalue weighted by Gasteiger charge is 2.27. The van der Waals surface area contributed by atoms with Crippen molar-refractivity contribution in [3.05, 3.63) is 40.0 Å². The molecule has 23 heavy (non-hydrogen) atoms. The summed E-state index contributed by atoms with van der Waals surface area (Å²) in [4.78, 5) is 11.9. The van der Waals surface area contributed by atoms with Crippen LogP contribution in [0, 0.1) is 0 Å². The van der Waals surface area contributed by atoms with Gasteiger partial charge in [-0.25, -0.2) is 9.48 Å². The van der Waals surface area contributed by atoms with Crippen LogP contribution in [0.2, 0.25) is 0 Å². The van der Waals surface area contributed by atoms with E-state index in [0.29, 0.717) is 24.6 Å². The van der Waals surface area contributed by atoms with E-state index >= 15 is 0 Å². The van der Waals surface area contributed by atoms with Gasteiger partial charge in [0, 0.05) is 5.56 Å². The number of nitrogens with two attached hydrogens (primary N) is 1. The van der Waals surface area contributed by atoms with Crippen LogP contribution in [0.25, 0.3) is 0 Å². The second-order valence-corrected chi connectivity index (χ2v) is 6.13. The summed E-state index contributed by atoms with van der Waals surface area (Å²) < 4.78 is 13.4. The van der Waals surface area contributed by atoms with Gasteiger partial charge in [-0.2, -0.15) is 5.10 Å². The number of carbonyl (C=O) groups excluding carboxylic acids is 1. The third-order valence-corrected chi connectivity index (χ3v) is 4.47. The van der Waals surface area contributed by atoms with Crippen molar-refractivity contribution in [3.63, 3.8) is 0 Å². The van der Waals surface area contributed by atoms with Crippen LogP contribution in [0.3, 0.4) is 0 Å². The molecular weight excluding hydrogens is 362 g/mol. The molecule has 1 aliphatic heterocycles. The Bertz CT molecular complexity index is 729. The molecule has 6 nitrogen and oxygen atoms in total. The van der Waals surface area contributed by atoms with Crippen molar-refractivity contribution in [2.24, 2.45) is 0 Å².